The van der Waals surface area contributed by atoms with E-state index in [4.69, 9.17) is 9.15 Å². The summed E-state index contributed by atoms with van der Waals surface area (Å²) in [5.74, 6) is -0.507. The molecule has 0 aliphatic heterocycles. The molecule has 1 fully saturated rings. The van der Waals surface area contributed by atoms with Crippen LogP contribution in [0.25, 0.3) is 33.4 Å². The molecule has 0 saturated heterocycles. The monoisotopic (exact) mass is 563 g/mol. The lowest BCUT2D eigenvalue weighted by Crippen LogP contribution is -2.34. The van der Waals surface area contributed by atoms with Crippen molar-refractivity contribution in [3.8, 4) is 28.2 Å². The van der Waals surface area contributed by atoms with Crippen molar-refractivity contribution < 1.29 is 23.1 Å². The largest absolute Gasteiger partial charge is 0.496 e. The van der Waals surface area contributed by atoms with Gasteiger partial charge in [-0.05, 0) is 72.1 Å². The van der Waals surface area contributed by atoms with Crippen molar-refractivity contribution in [2.24, 2.45) is 5.18 Å². The Labute approximate surface area is 240 Å². The summed E-state index contributed by atoms with van der Waals surface area (Å²) < 4.78 is 25.2. The number of furan rings is 1. The Balaban J connectivity index is 1.47. The molecule has 0 atom stereocenters. The van der Waals surface area contributed by atoms with Crippen LogP contribution < -0.4 is 15.4 Å². The van der Waals surface area contributed by atoms with Crippen molar-refractivity contribution in [1.82, 2.24) is 10.6 Å². The molecule has 1 heterocycles. The van der Waals surface area contributed by atoms with Crippen LogP contribution in [0.4, 0.5) is 10.1 Å². The first kappa shape index (κ1) is 26.9. The number of halogens is 1. The number of carbonyl (C=O) groups is 2. The number of ether oxygens (including phenoxy) is 1. The lowest BCUT2D eigenvalue weighted by Gasteiger charge is -2.19. The highest BCUT2D eigenvalue weighted by Gasteiger charge is 2.45. The van der Waals surface area contributed by atoms with Gasteiger partial charge in [-0.15, -0.1) is 4.91 Å². The standard InChI is InChI=1S/C33H26FN3O5/c1-35-32(39)29-25-17-23(26(37-40)18-28(25)42-30(29)19-8-11-22(34)12-9-19)24-16-20(10-13-27(24)41-2)31(38)36-33(14-15-33)21-6-4-3-5-7-21/h3-13,16-18H,14-15H2,1-2H3,(H,35,39)(H,36,38). The van der Waals surface area contributed by atoms with E-state index in [2.05, 4.69) is 15.8 Å². The molecule has 210 valence electrons. The van der Waals surface area contributed by atoms with Gasteiger partial charge in [-0.25, -0.2) is 4.39 Å². The van der Waals surface area contributed by atoms with Gasteiger partial charge in [0.1, 0.15) is 28.6 Å². The van der Waals surface area contributed by atoms with Crippen LogP contribution in [0.3, 0.4) is 0 Å². The van der Waals surface area contributed by atoms with E-state index in [1.807, 2.05) is 30.3 Å². The predicted octanol–water partition coefficient (Wildman–Crippen LogP) is 7.09. The van der Waals surface area contributed by atoms with E-state index >= 15 is 0 Å². The fraction of sp³-hybridized carbons (Fsp3) is 0.152. The van der Waals surface area contributed by atoms with Crippen LogP contribution in [-0.4, -0.2) is 26.0 Å². The molecular weight excluding hydrogens is 537 g/mol. The number of carbonyl (C=O) groups excluding carboxylic acids is 2. The first-order valence-electron chi connectivity index (χ1n) is 13.4. The van der Waals surface area contributed by atoms with Gasteiger partial charge in [-0.2, -0.15) is 0 Å². The SMILES string of the molecule is CNC(=O)c1c(-c2ccc(F)cc2)oc2cc(N=O)c(-c3cc(C(=O)NC4(c5ccccc5)CC4)ccc3OC)cc12. The van der Waals surface area contributed by atoms with Crippen LogP contribution in [0.2, 0.25) is 0 Å². The second-order valence-corrected chi connectivity index (χ2v) is 10.2. The third-order valence-electron chi connectivity index (χ3n) is 7.65. The highest BCUT2D eigenvalue weighted by atomic mass is 19.1. The Morgan fingerprint density at radius 1 is 0.929 bits per heavy atom. The van der Waals surface area contributed by atoms with E-state index in [0.717, 1.165) is 18.4 Å². The maximum atomic E-state index is 13.6. The van der Waals surface area contributed by atoms with Crippen LogP contribution in [0.5, 0.6) is 5.75 Å². The van der Waals surface area contributed by atoms with Gasteiger partial charge >= 0.3 is 0 Å². The molecule has 0 unspecified atom stereocenters. The average Bonchev–Trinajstić information content (AvgIpc) is 3.72. The minimum absolute atomic E-state index is 0.0316. The number of amides is 2. The number of nitrogens with zero attached hydrogens (tertiary/aromatic N) is 1. The highest BCUT2D eigenvalue weighted by molar-refractivity contribution is 6.13. The van der Waals surface area contributed by atoms with Crippen LogP contribution in [0.15, 0.2) is 94.5 Å². The molecule has 0 radical (unpaired) electrons. The van der Waals surface area contributed by atoms with Crippen LogP contribution >= 0.6 is 0 Å². The number of hydrogen-bond acceptors (Lipinski definition) is 6. The summed E-state index contributed by atoms with van der Waals surface area (Å²) in [7, 11) is 2.98. The third kappa shape index (κ3) is 4.68. The number of hydrogen-bond donors (Lipinski definition) is 2. The molecule has 1 aromatic heterocycles. The molecule has 0 bridgehead atoms. The zero-order valence-corrected chi connectivity index (χ0v) is 22.9. The molecule has 0 spiro atoms. The van der Waals surface area contributed by atoms with E-state index in [0.29, 0.717) is 33.4 Å². The number of rotatable bonds is 8. The first-order chi connectivity index (χ1) is 20.4. The van der Waals surface area contributed by atoms with Gasteiger partial charge in [0.15, 0.2) is 0 Å². The third-order valence-corrected chi connectivity index (χ3v) is 7.65. The number of fused-ring (bicyclic) bond motifs is 1. The lowest BCUT2D eigenvalue weighted by molar-refractivity contribution is 0.0929. The topological polar surface area (TPSA) is 110 Å². The number of nitroso groups, excluding NO2 is 1. The molecule has 2 amide bonds. The van der Waals surface area contributed by atoms with Crippen molar-refractivity contribution in [3.63, 3.8) is 0 Å². The lowest BCUT2D eigenvalue weighted by atomic mass is 9.96. The van der Waals surface area contributed by atoms with Crippen LogP contribution in [0, 0.1) is 10.7 Å². The molecule has 5 aromatic rings. The molecular formula is C33H26FN3O5. The summed E-state index contributed by atoms with van der Waals surface area (Å²) >= 11 is 0. The van der Waals surface area contributed by atoms with Gasteiger partial charge in [-0.3, -0.25) is 9.59 Å². The Bertz CT molecular complexity index is 1840. The van der Waals surface area contributed by atoms with Gasteiger partial charge in [0, 0.05) is 40.8 Å². The molecule has 42 heavy (non-hydrogen) atoms. The quantitative estimate of drug-likeness (QED) is 0.196. The van der Waals surface area contributed by atoms with E-state index in [1.54, 1.807) is 24.3 Å². The summed E-state index contributed by atoms with van der Waals surface area (Å²) in [4.78, 5) is 38.6. The number of nitrogens with one attached hydrogen (secondary N) is 2. The zero-order chi connectivity index (χ0) is 29.4. The number of benzene rings is 4. The smallest absolute Gasteiger partial charge is 0.255 e. The fourth-order valence-corrected chi connectivity index (χ4v) is 5.30. The summed E-state index contributed by atoms with van der Waals surface area (Å²) in [6.45, 7) is 0. The van der Waals surface area contributed by atoms with Crippen molar-refractivity contribution >= 4 is 28.5 Å². The molecule has 1 aliphatic rings. The van der Waals surface area contributed by atoms with Gasteiger partial charge < -0.3 is 19.8 Å². The van der Waals surface area contributed by atoms with Gasteiger partial charge in [0.25, 0.3) is 11.8 Å². The Hall–Kier alpha value is -5.31. The predicted molar refractivity (Wildman–Crippen MR) is 157 cm³/mol. The van der Waals surface area contributed by atoms with Gasteiger partial charge in [0.2, 0.25) is 0 Å². The van der Waals surface area contributed by atoms with E-state index in [9.17, 15) is 18.9 Å². The fourth-order valence-electron chi connectivity index (χ4n) is 5.30. The summed E-state index contributed by atoms with van der Waals surface area (Å²) in [5, 5.41) is 9.43. The minimum Gasteiger partial charge on any atom is -0.496 e. The van der Waals surface area contributed by atoms with Crippen molar-refractivity contribution in [3.05, 3.63) is 112 Å². The normalized spacial score (nSPS) is 13.4. The molecule has 4 aromatic carbocycles. The molecule has 9 heteroatoms. The molecule has 6 rings (SSSR count). The van der Waals surface area contributed by atoms with Crippen molar-refractivity contribution in [1.29, 1.82) is 0 Å². The summed E-state index contributed by atoms with van der Waals surface area (Å²) in [5.41, 5.74) is 2.77. The Kier molecular flexibility index (Phi) is 6.78. The molecule has 8 nitrogen and oxygen atoms in total. The van der Waals surface area contributed by atoms with Crippen LogP contribution in [0.1, 0.15) is 39.1 Å². The first-order valence-corrected chi connectivity index (χ1v) is 13.4. The van der Waals surface area contributed by atoms with E-state index in [-0.39, 0.29) is 28.5 Å². The highest BCUT2D eigenvalue weighted by Crippen LogP contribution is 2.46. The van der Waals surface area contributed by atoms with Crippen molar-refractivity contribution in [2.45, 2.75) is 18.4 Å². The zero-order valence-electron chi connectivity index (χ0n) is 22.9. The second kappa shape index (κ2) is 10.6. The Morgan fingerprint density at radius 2 is 1.67 bits per heavy atom. The van der Waals surface area contributed by atoms with Crippen molar-refractivity contribution in [2.75, 3.05) is 14.2 Å². The summed E-state index contributed by atoms with van der Waals surface area (Å²) in [6, 6.07) is 23.4. The second-order valence-electron chi connectivity index (χ2n) is 10.2. The van der Waals surface area contributed by atoms with Gasteiger partial charge in [-0.1, -0.05) is 30.3 Å². The summed E-state index contributed by atoms with van der Waals surface area (Å²) in [6.07, 6.45) is 1.67. The van der Waals surface area contributed by atoms with E-state index in [1.165, 1.54) is 44.5 Å². The van der Waals surface area contributed by atoms with Gasteiger partial charge in [0.05, 0.1) is 18.2 Å². The minimum atomic E-state index is -0.432. The molecule has 2 N–H and O–H groups in total. The average molecular weight is 564 g/mol. The Morgan fingerprint density at radius 3 is 2.31 bits per heavy atom. The maximum absolute atomic E-state index is 13.6. The maximum Gasteiger partial charge on any atom is 0.255 e. The molecule has 1 aliphatic carbocycles. The van der Waals surface area contributed by atoms with Crippen LogP contribution in [-0.2, 0) is 5.54 Å². The molecule has 1 saturated carbocycles. The number of methoxy groups -OCH3 is 1. The van der Waals surface area contributed by atoms with E-state index < -0.39 is 17.3 Å².